The van der Waals surface area contributed by atoms with Gasteiger partial charge in [0.15, 0.2) is 0 Å². The summed E-state index contributed by atoms with van der Waals surface area (Å²) in [6.45, 7) is 1.69. The molecule has 2 saturated heterocycles. The number of piperidine rings is 1. The lowest BCUT2D eigenvalue weighted by Crippen LogP contribution is -2.48. The van der Waals surface area contributed by atoms with Crippen LogP contribution in [-0.4, -0.2) is 41.3 Å². The SMILES string of the molecule is O=C(c1cc2c([nH]c1=O)CCCC2)N1CC[C@]2(CCCNC2=O)C1. The summed E-state index contributed by atoms with van der Waals surface area (Å²) in [6.07, 6.45) is 6.44. The molecule has 3 heterocycles. The maximum absolute atomic E-state index is 12.9. The van der Waals surface area contributed by atoms with Gasteiger partial charge in [-0.3, -0.25) is 14.4 Å². The first-order valence-electron chi connectivity index (χ1n) is 8.92. The molecule has 2 fully saturated rings. The number of aromatic nitrogens is 1. The van der Waals surface area contributed by atoms with Gasteiger partial charge in [0.2, 0.25) is 5.91 Å². The molecule has 3 aliphatic rings. The number of H-pyrrole nitrogens is 1. The van der Waals surface area contributed by atoms with E-state index in [4.69, 9.17) is 0 Å². The average molecular weight is 329 g/mol. The highest BCUT2D eigenvalue weighted by molar-refractivity contribution is 5.95. The van der Waals surface area contributed by atoms with Crippen molar-refractivity contribution in [2.75, 3.05) is 19.6 Å². The molecule has 1 aromatic heterocycles. The van der Waals surface area contributed by atoms with Crippen LogP contribution in [0.5, 0.6) is 0 Å². The normalized spacial score (nSPS) is 26.3. The van der Waals surface area contributed by atoms with Crippen LogP contribution in [0.2, 0.25) is 0 Å². The van der Waals surface area contributed by atoms with Gasteiger partial charge in [-0.05, 0) is 56.6 Å². The number of hydrogen-bond acceptors (Lipinski definition) is 3. The summed E-state index contributed by atoms with van der Waals surface area (Å²) in [4.78, 5) is 42.0. The van der Waals surface area contributed by atoms with E-state index in [2.05, 4.69) is 10.3 Å². The number of fused-ring (bicyclic) bond motifs is 1. The van der Waals surface area contributed by atoms with Gasteiger partial charge in [-0.25, -0.2) is 0 Å². The molecule has 128 valence electrons. The van der Waals surface area contributed by atoms with Crippen LogP contribution in [0.25, 0.3) is 0 Å². The van der Waals surface area contributed by atoms with Crippen molar-refractivity contribution in [3.63, 3.8) is 0 Å². The fraction of sp³-hybridized carbons (Fsp3) is 0.611. The van der Waals surface area contributed by atoms with Gasteiger partial charge < -0.3 is 15.2 Å². The smallest absolute Gasteiger partial charge is 0.261 e. The Bertz CT molecular complexity index is 754. The third-order valence-corrected chi connectivity index (χ3v) is 5.81. The maximum Gasteiger partial charge on any atom is 0.261 e. The molecule has 1 spiro atoms. The minimum absolute atomic E-state index is 0.0587. The number of pyridine rings is 1. The van der Waals surface area contributed by atoms with Crippen molar-refractivity contribution >= 4 is 11.8 Å². The summed E-state index contributed by atoms with van der Waals surface area (Å²) in [7, 11) is 0. The van der Waals surface area contributed by atoms with Crippen LogP contribution in [0.1, 0.15) is 53.7 Å². The number of aromatic amines is 1. The lowest BCUT2D eigenvalue weighted by atomic mass is 9.79. The molecule has 24 heavy (non-hydrogen) atoms. The van der Waals surface area contributed by atoms with Crippen molar-refractivity contribution in [2.45, 2.75) is 44.9 Å². The predicted octanol–water partition coefficient (Wildman–Crippen LogP) is 0.996. The lowest BCUT2D eigenvalue weighted by molar-refractivity contribution is -0.132. The van der Waals surface area contributed by atoms with E-state index in [1.807, 2.05) is 0 Å². The number of rotatable bonds is 1. The van der Waals surface area contributed by atoms with Crippen LogP contribution < -0.4 is 10.9 Å². The van der Waals surface area contributed by atoms with Gasteiger partial charge in [-0.2, -0.15) is 0 Å². The molecule has 1 aromatic rings. The van der Waals surface area contributed by atoms with Crippen molar-refractivity contribution in [3.05, 3.63) is 33.2 Å². The molecule has 0 radical (unpaired) electrons. The first-order valence-corrected chi connectivity index (χ1v) is 8.92. The summed E-state index contributed by atoms with van der Waals surface area (Å²) < 4.78 is 0. The second kappa shape index (κ2) is 5.76. The Kier molecular flexibility index (Phi) is 3.70. The molecule has 6 heteroatoms. The highest BCUT2D eigenvalue weighted by Crippen LogP contribution is 2.37. The molecule has 0 unspecified atom stereocenters. The fourth-order valence-corrected chi connectivity index (χ4v) is 4.37. The average Bonchev–Trinajstić information content (AvgIpc) is 3.02. The van der Waals surface area contributed by atoms with E-state index >= 15 is 0 Å². The number of amides is 2. The highest BCUT2D eigenvalue weighted by Gasteiger charge is 2.47. The van der Waals surface area contributed by atoms with Gasteiger partial charge in [0, 0.05) is 25.3 Å². The summed E-state index contributed by atoms with van der Waals surface area (Å²) in [5.74, 6) is -0.178. The lowest BCUT2D eigenvalue weighted by Gasteiger charge is -2.32. The Balaban J connectivity index is 1.59. The van der Waals surface area contributed by atoms with E-state index < -0.39 is 5.41 Å². The van der Waals surface area contributed by atoms with Crippen molar-refractivity contribution < 1.29 is 9.59 Å². The van der Waals surface area contributed by atoms with Crippen molar-refractivity contribution in [1.82, 2.24) is 15.2 Å². The molecule has 2 N–H and O–H groups in total. The molecule has 0 saturated carbocycles. The van der Waals surface area contributed by atoms with Crippen molar-refractivity contribution in [1.29, 1.82) is 0 Å². The topological polar surface area (TPSA) is 82.3 Å². The zero-order chi connectivity index (χ0) is 16.7. The fourth-order valence-electron chi connectivity index (χ4n) is 4.37. The second-order valence-corrected chi connectivity index (χ2v) is 7.34. The first-order chi connectivity index (χ1) is 11.6. The molecule has 1 atom stereocenters. The van der Waals surface area contributed by atoms with Crippen LogP contribution in [-0.2, 0) is 17.6 Å². The number of nitrogens with one attached hydrogen (secondary N) is 2. The Morgan fingerprint density at radius 1 is 1.12 bits per heavy atom. The number of hydrogen-bond donors (Lipinski definition) is 2. The monoisotopic (exact) mass is 329 g/mol. The van der Waals surface area contributed by atoms with E-state index in [1.54, 1.807) is 11.0 Å². The molecule has 0 bridgehead atoms. The van der Waals surface area contributed by atoms with Gasteiger partial charge >= 0.3 is 0 Å². The van der Waals surface area contributed by atoms with Crippen molar-refractivity contribution in [2.24, 2.45) is 5.41 Å². The highest BCUT2D eigenvalue weighted by atomic mass is 16.2. The number of carbonyl (C=O) groups excluding carboxylic acids is 2. The summed E-state index contributed by atoms with van der Waals surface area (Å²) in [6, 6.07) is 1.78. The number of nitrogens with zero attached hydrogens (tertiary/aromatic N) is 1. The van der Waals surface area contributed by atoms with Crippen LogP contribution in [0.15, 0.2) is 10.9 Å². The van der Waals surface area contributed by atoms with Crippen LogP contribution in [0, 0.1) is 5.41 Å². The molecule has 0 aromatic carbocycles. The Morgan fingerprint density at radius 2 is 1.96 bits per heavy atom. The van der Waals surface area contributed by atoms with Gasteiger partial charge in [0.05, 0.1) is 5.41 Å². The van der Waals surface area contributed by atoms with Gasteiger partial charge in [-0.1, -0.05) is 0 Å². The number of carbonyl (C=O) groups is 2. The summed E-state index contributed by atoms with van der Waals surface area (Å²) >= 11 is 0. The molecular weight excluding hydrogens is 306 g/mol. The molecule has 2 amide bonds. The minimum Gasteiger partial charge on any atom is -0.356 e. The van der Waals surface area contributed by atoms with E-state index in [-0.39, 0.29) is 22.9 Å². The summed E-state index contributed by atoms with van der Waals surface area (Å²) in [5.41, 5.74) is 1.55. The first kappa shape index (κ1) is 15.4. The van der Waals surface area contributed by atoms with E-state index in [1.165, 1.54) is 0 Å². The Hall–Kier alpha value is -2.11. The molecule has 2 aliphatic heterocycles. The third kappa shape index (κ3) is 2.44. The van der Waals surface area contributed by atoms with Crippen LogP contribution in [0.3, 0.4) is 0 Å². The predicted molar refractivity (Wildman–Crippen MR) is 88.9 cm³/mol. The second-order valence-electron chi connectivity index (χ2n) is 7.34. The maximum atomic E-state index is 12.9. The van der Waals surface area contributed by atoms with Crippen molar-refractivity contribution in [3.8, 4) is 0 Å². The Labute approximate surface area is 140 Å². The molecular formula is C18H23N3O3. The third-order valence-electron chi connectivity index (χ3n) is 5.81. The van der Waals surface area contributed by atoms with Crippen LogP contribution >= 0.6 is 0 Å². The van der Waals surface area contributed by atoms with Gasteiger partial charge in [-0.15, -0.1) is 0 Å². The van der Waals surface area contributed by atoms with Gasteiger partial charge in [0.1, 0.15) is 5.56 Å². The molecule has 4 rings (SSSR count). The molecule has 6 nitrogen and oxygen atoms in total. The quantitative estimate of drug-likeness (QED) is 0.806. The zero-order valence-electron chi connectivity index (χ0n) is 13.8. The number of likely N-dealkylation sites (tertiary alicyclic amines) is 1. The standard InChI is InChI=1S/C18H23N3O3/c22-15-13(10-12-4-1-2-5-14(12)20-15)16(23)21-9-7-18(11-21)6-3-8-19-17(18)24/h10H,1-9,11H2,(H,19,24)(H,20,22)/t18-/m1/s1. The minimum atomic E-state index is -0.450. The largest absolute Gasteiger partial charge is 0.356 e. The zero-order valence-corrected chi connectivity index (χ0v) is 13.8. The summed E-state index contributed by atoms with van der Waals surface area (Å²) in [5, 5.41) is 2.92. The van der Waals surface area contributed by atoms with E-state index in [0.717, 1.165) is 56.3 Å². The van der Waals surface area contributed by atoms with E-state index in [0.29, 0.717) is 19.5 Å². The van der Waals surface area contributed by atoms with Crippen LogP contribution in [0.4, 0.5) is 0 Å². The number of aryl methyl sites for hydroxylation is 2. The van der Waals surface area contributed by atoms with E-state index in [9.17, 15) is 14.4 Å². The molecule has 1 aliphatic carbocycles. The Morgan fingerprint density at radius 3 is 2.79 bits per heavy atom. The van der Waals surface area contributed by atoms with Gasteiger partial charge in [0.25, 0.3) is 11.5 Å².